The number of alkyl halides is 3. The third kappa shape index (κ3) is 17.7. The van der Waals surface area contributed by atoms with E-state index in [1.165, 1.54) is 0 Å². The van der Waals surface area contributed by atoms with E-state index in [-0.39, 0.29) is 14.9 Å². The second kappa shape index (κ2) is 12.4. The van der Waals surface area contributed by atoms with Crippen molar-refractivity contribution in [3.8, 4) is 0 Å². The average Bonchev–Trinajstić information content (AvgIpc) is 1.93. The first kappa shape index (κ1) is 22.4. The molecule has 0 rings (SSSR count). The van der Waals surface area contributed by atoms with E-state index in [0.717, 1.165) is 14.0 Å². The highest BCUT2D eigenvalue weighted by Gasteiger charge is 2.20. The van der Waals surface area contributed by atoms with Crippen LogP contribution in [0, 0.1) is 0 Å². The molecular formula is C7H19F3O. The molecular weight excluding hydrogens is 157 g/mol. The van der Waals surface area contributed by atoms with Gasteiger partial charge in [0.25, 0.3) is 0 Å². The van der Waals surface area contributed by atoms with E-state index in [1.807, 2.05) is 0 Å². The van der Waals surface area contributed by atoms with E-state index in [2.05, 4.69) is 4.74 Å². The summed E-state index contributed by atoms with van der Waals surface area (Å²) in [7, 11) is 1.62. The molecule has 0 saturated carbocycles. The lowest BCUT2D eigenvalue weighted by molar-refractivity contribution is -0.118. The molecule has 4 heteroatoms. The zero-order valence-corrected chi connectivity index (χ0v) is 5.75. The lowest BCUT2D eigenvalue weighted by atomic mass is 10.4. The van der Waals surface area contributed by atoms with Gasteiger partial charge in [-0.25, -0.2) is 8.78 Å². The maximum Gasteiger partial charge on any atom is 0.234 e. The smallest absolute Gasteiger partial charge is 0.234 e. The molecule has 1 unspecified atom stereocenters. The van der Waals surface area contributed by atoms with Crippen LogP contribution >= 0.6 is 0 Å². The molecule has 0 spiro atoms. The molecule has 0 radical (unpaired) electrons. The van der Waals surface area contributed by atoms with Gasteiger partial charge in [-0.3, -0.25) is 4.39 Å². The van der Waals surface area contributed by atoms with Gasteiger partial charge in [-0.15, -0.1) is 0 Å². The topological polar surface area (TPSA) is 9.23 Å². The summed E-state index contributed by atoms with van der Waals surface area (Å²) in [5.41, 5.74) is 0. The lowest BCUT2D eigenvalue weighted by Gasteiger charge is -2.11. The van der Waals surface area contributed by atoms with Crippen molar-refractivity contribution < 1.29 is 17.9 Å². The molecule has 1 nitrogen and oxygen atoms in total. The van der Waals surface area contributed by atoms with Crippen molar-refractivity contribution in [2.75, 3.05) is 21.0 Å². The molecule has 0 aliphatic rings. The van der Waals surface area contributed by atoms with Crippen LogP contribution in [0.3, 0.4) is 0 Å². The predicted molar refractivity (Wildman–Crippen MR) is 43.0 cm³/mol. The zero-order valence-electron chi connectivity index (χ0n) is 5.75. The molecule has 0 aliphatic heterocycles. The summed E-state index contributed by atoms with van der Waals surface area (Å²) in [5, 5.41) is 0. The van der Waals surface area contributed by atoms with Crippen molar-refractivity contribution in [2.24, 2.45) is 0 Å². The van der Waals surface area contributed by atoms with Gasteiger partial charge < -0.3 is 4.74 Å². The normalized spacial score (nSPS) is 12.5. The summed E-state index contributed by atoms with van der Waals surface area (Å²) in [6.07, 6.45) is 0. The molecule has 0 heterocycles. The molecule has 0 saturated heterocycles. The van der Waals surface area contributed by atoms with Crippen LogP contribution < -0.4 is 0 Å². The molecule has 0 aromatic carbocycles. The molecule has 0 bridgehead atoms. The second-order valence-corrected chi connectivity index (χ2v) is 1.44. The number of rotatable bonds is 2. The van der Waals surface area contributed by atoms with E-state index in [4.69, 9.17) is 0 Å². The van der Waals surface area contributed by atoms with Gasteiger partial charge in [0.05, 0.1) is 7.18 Å². The Morgan fingerprint density at radius 2 is 1.55 bits per heavy atom. The van der Waals surface area contributed by atoms with Crippen molar-refractivity contribution in [2.45, 2.75) is 27.6 Å². The molecule has 0 amide bonds. The number of hydrogen-bond donors (Lipinski definition) is 0. The van der Waals surface area contributed by atoms with Gasteiger partial charge in [0, 0.05) is 7.11 Å². The van der Waals surface area contributed by atoms with Crippen molar-refractivity contribution in [1.82, 2.24) is 0 Å². The van der Waals surface area contributed by atoms with Crippen LogP contribution in [0.2, 0.25) is 0 Å². The number of halogens is 3. The van der Waals surface area contributed by atoms with Crippen molar-refractivity contribution >= 4 is 0 Å². The van der Waals surface area contributed by atoms with E-state index in [1.54, 1.807) is 0 Å². The second-order valence-electron chi connectivity index (χ2n) is 1.44. The van der Waals surface area contributed by atoms with Gasteiger partial charge in [-0.1, -0.05) is 14.9 Å². The molecule has 1 atom stereocenters. The first-order valence-electron chi connectivity index (χ1n) is 2.30. The van der Waals surface area contributed by atoms with Crippen LogP contribution in [-0.2, 0) is 4.74 Å². The SMILES string of the molecule is C.C.CF.COC(C)(F)CF. The Labute approximate surface area is 67.6 Å². The minimum atomic E-state index is -2.08. The average molecular weight is 176 g/mol. The molecule has 0 N–H and O–H groups in total. The minimum absolute atomic E-state index is 0. The Balaban J connectivity index is -0.0000000564. The Morgan fingerprint density at radius 3 is 1.55 bits per heavy atom. The largest absolute Gasteiger partial charge is 0.347 e. The van der Waals surface area contributed by atoms with Gasteiger partial charge in [-0.05, 0) is 6.92 Å². The van der Waals surface area contributed by atoms with E-state index in [0.29, 0.717) is 7.18 Å². The van der Waals surface area contributed by atoms with E-state index >= 15 is 0 Å². The first-order valence-corrected chi connectivity index (χ1v) is 2.30. The summed E-state index contributed by atoms with van der Waals surface area (Å²) in [6.45, 7) is -0.0590. The summed E-state index contributed by atoms with van der Waals surface area (Å²) >= 11 is 0. The fraction of sp³-hybridized carbons (Fsp3) is 1.00. The Morgan fingerprint density at radius 1 is 1.27 bits per heavy atom. The molecule has 74 valence electrons. The van der Waals surface area contributed by atoms with Crippen LogP contribution in [0.4, 0.5) is 13.2 Å². The summed E-state index contributed by atoms with van der Waals surface area (Å²) in [4.78, 5) is 0. The maximum absolute atomic E-state index is 12.0. The highest BCUT2D eigenvalue weighted by molar-refractivity contribution is 4.54. The van der Waals surface area contributed by atoms with Crippen molar-refractivity contribution in [3.63, 3.8) is 0 Å². The standard InChI is InChI=1S/C4H8F2O.CH3F.2CH4/c1-4(6,3-5)7-2;1-2;;/h3H2,1-2H3;1H3;2*1H4. The zero-order chi connectivity index (χ0) is 7.91. The van der Waals surface area contributed by atoms with Crippen molar-refractivity contribution in [1.29, 1.82) is 0 Å². The first-order chi connectivity index (χ1) is 4.12. The van der Waals surface area contributed by atoms with E-state index in [9.17, 15) is 13.2 Å². The molecule has 0 fully saturated rings. The highest BCUT2D eigenvalue weighted by Crippen LogP contribution is 2.09. The summed E-state index contributed by atoms with van der Waals surface area (Å²) in [6, 6.07) is 0. The third-order valence-corrected chi connectivity index (χ3v) is 0.664. The van der Waals surface area contributed by atoms with Crippen LogP contribution in [0.15, 0.2) is 0 Å². The molecule has 0 aromatic heterocycles. The fourth-order valence-corrected chi connectivity index (χ4v) is 0.0546. The minimum Gasteiger partial charge on any atom is -0.347 e. The molecule has 0 aromatic rings. The molecule has 0 aliphatic carbocycles. The van der Waals surface area contributed by atoms with E-state index < -0.39 is 12.5 Å². The third-order valence-electron chi connectivity index (χ3n) is 0.664. The number of methoxy groups -OCH3 is 1. The van der Waals surface area contributed by atoms with Crippen molar-refractivity contribution in [3.05, 3.63) is 0 Å². The van der Waals surface area contributed by atoms with Gasteiger partial charge in [0.1, 0.15) is 6.67 Å². The summed E-state index contributed by atoms with van der Waals surface area (Å²) in [5.74, 6) is -2.08. The summed E-state index contributed by atoms with van der Waals surface area (Å²) < 4.78 is 36.8. The number of ether oxygens (including phenoxy) is 1. The highest BCUT2D eigenvalue weighted by atomic mass is 19.2. The lowest BCUT2D eigenvalue weighted by Crippen LogP contribution is -2.22. The monoisotopic (exact) mass is 176 g/mol. The fourth-order valence-electron chi connectivity index (χ4n) is 0.0546. The van der Waals surface area contributed by atoms with Crippen LogP contribution in [-0.4, -0.2) is 26.8 Å². The maximum atomic E-state index is 12.0. The van der Waals surface area contributed by atoms with Crippen LogP contribution in [0.25, 0.3) is 0 Å². The Bertz CT molecular complexity index is 51.6. The van der Waals surface area contributed by atoms with Gasteiger partial charge in [0.2, 0.25) is 5.85 Å². The van der Waals surface area contributed by atoms with Crippen LogP contribution in [0.5, 0.6) is 0 Å². The quantitative estimate of drug-likeness (QED) is 0.628. The van der Waals surface area contributed by atoms with Gasteiger partial charge in [-0.2, -0.15) is 0 Å². The Kier molecular flexibility index (Phi) is 25.3. The van der Waals surface area contributed by atoms with Gasteiger partial charge >= 0.3 is 0 Å². The molecule has 11 heavy (non-hydrogen) atoms. The van der Waals surface area contributed by atoms with Crippen LogP contribution in [0.1, 0.15) is 21.8 Å². The Hall–Kier alpha value is -0.250. The van der Waals surface area contributed by atoms with Gasteiger partial charge in [0.15, 0.2) is 0 Å². The predicted octanol–water partition coefficient (Wildman–Crippen LogP) is 3.15. The number of hydrogen-bond acceptors (Lipinski definition) is 1.